The Bertz CT molecular complexity index is 1000. The minimum Gasteiger partial charge on any atom is -0.378 e. The topological polar surface area (TPSA) is 69.2 Å². The highest BCUT2D eigenvalue weighted by atomic mass is 19.1. The number of aryl methyl sites for hydroxylation is 1. The molecule has 2 saturated heterocycles. The maximum absolute atomic E-state index is 13.8. The Balaban J connectivity index is 1.26. The van der Waals surface area contributed by atoms with E-state index in [1.54, 1.807) is 10.7 Å². The molecule has 0 N–H and O–H groups in total. The largest absolute Gasteiger partial charge is 0.378 e. The molecule has 0 aliphatic carbocycles. The molecular formula is C22H28FN5O2. The van der Waals surface area contributed by atoms with Crippen LogP contribution in [-0.2, 0) is 11.2 Å². The van der Waals surface area contributed by atoms with Crippen molar-refractivity contribution in [1.29, 1.82) is 0 Å². The van der Waals surface area contributed by atoms with Crippen molar-refractivity contribution in [2.75, 3.05) is 26.2 Å². The number of hydrogen-bond acceptors (Lipinski definition) is 6. The molecule has 3 aromatic rings. The number of nitrogens with zero attached hydrogens (tertiary/aromatic N) is 5. The first-order valence-electron chi connectivity index (χ1n) is 11.1. The molecule has 4 heterocycles. The lowest BCUT2D eigenvalue weighted by Crippen LogP contribution is -2.35. The molecule has 7 nitrogen and oxygen atoms in total. The van der Waals surface area contributed by atoms with E-state index in [9.17, 15) is 4.39 Å². The maximum Gasteiger partial charge on any atom is 0.291 e. The number of hydrogen-bond donors (Lipinski definition) is 0. The Morgan fingerprint density at radius 2 is 2.07 bits per heavy atom. The van der Waals surface area contributed by atoms with Gasteiger partial charge in [0.05, 0.1) is 17.3 Å². The fourth-order valence-corrected chi connectivity index (χ4v) is 4.65. The summed E-state index contributed by atoms with van der Waals surface area (Å²) >= 11 is 0. The van der Waals surface area contributed by atoms with E-state index in [1.807, 2.05) is 6.92 Å². The van der Waals surface area contributed by atoms with Crippen LogP contribution in [0.15, 0.2) is 22.7 Å². The van der Waals surface area contributed by atoms with Crippen molar-refractivity contribution in [2.45, 2.75) is 57.5 Å². The summed E-state index contributed by atoms with van der Waals surface area (Å²) in [6.45, 7) is 6.11. The number of benzene rings is 1. The Hall–Kier alpha value is -2.32. The normalized spacial score (nSPS) is 21.1. The molecule has 0 radical (unpaired) electrons. The number of fused-ring (bicyclic) bond motifs is 1. The zero-order valence-electron chi connectivity index (χ0n) is 17.4. The van der Waals surface area contributed by atoms with Crippen molar-refractivity contribution in [1.82, 2.24) is 24.8 Å². The molecule has 1 atom stereocenters. The number of ether oxygens (including phenoxy) is 1. The second-order valence-electron chi connectivity index (χ2n) is 8.35. The smallest absolute Gasteiger partial charge is 0.291 e. The van der Waals surface area contributed by atoms with E-state index in [0.717, 1.165) is 63.0 Å². The number of piperidine rings is 1. The summed E-state index contributed by atoms with van der Waals surface area (Å²) < 4.78 is 26.8. The van der Waals surface area contributed by atoms with Gasteiger partial charge in [0.1, 0.15) is 5.82 Å². The van der Waals surface area contributed by atoms with Crippen LogP contribution in [0, 0.1) is 5.82 Å². The number of likely N-dealkylation sites (tertiary alicyclic amines) is 1. The van der Waals surface area contributed by atoms with E-state index in [1.165, 1.54) is 25.0 Å². The quantitative estimate of drug-likeness (QED) is 0.611. The van der Waals surface area contributed by atoms with E-state index in [2.05, 4.69) is 20.1 Å². The molecule has 2 aliphatic heterocycles. The maximum atomic E-state index is 13.8. The monoisotopic (exact) mass is 413 g/mol. The summed E-state index contributed by atoms with van der Waals surface area (Å²) in [5, 5.41) is 9.68. The summed E-state index contributed by atoms with van der Waals surface area (Å²) in [6, 6.07) is 4.70. The molecule has 2 aliphatic rings. The summed E-state index contributed by atoms with van der Waals surface area (Å²) in [4.78, 5) is 7.13. The number of halogens is 1. The van der Waals surface area contributed by atoms with Crippen molar-refractivity contribution >= 4 is 10.9 Å². The third-order valence-corrected chi connectivity index (χ3v) is 6.40. The second kappa shape index (κ2) is 8.43. The van der Waals surface area contributed by atoms with Crippen LogP contribution >= 0.6 is 0 Å². The Morgan fingerprint density at radius 1 is 1.20 bits per heavy atom. The van der Waals surface area contributed by atoms with Gasteiger partial charge in [0.25, 0.3) is 5.95 Å². The van der Waals surface area contributed by atoms with Crippen LogP contribution in [0.1, 0.15) is 56.5 Å². The molecule has 160 valence electrons. The minimum atomic E-state index is -0.301. The third-order valence-electron chi connectivity index (χ3n) is 6.40. The molecule has 5 rings (SSSR count). The van der Waals surface area contributed by atoms with Crippen molar-refractivity contribution in [3.8, 4) is 5.95 Å². The van der Waals surface area contributed by atoms with E-state index in [0.29, 0.717) is 23.5 Å². The number of aromatic nitrogens is 4. The summed E-state index contributed by atoms with van der Waals surface area (Å²) in [7, 11) is 0. The van der Waals surface area contributed by atoms with Crippen LogP contribution in [0.2, 0.25) is 0 Å². The van der Waals surface area contributed by atoms with Crippen molar-refractivity contribution in [3.05, 3.63) is 35.6 Å². The van der Waals surface area contributed by atoms with Gasteiger partial charge in [-0.2, -0.15) is 14.8 Å². The van der Waals surface area contributed by atoms with Gasteiger partial charge in [-0.25, -0.2) is 4.39 Å². The molecule has 1 unspecified atom stereocenters. The third kappa shape index (κ3) is 3.86. The molecule has 1 aromatic carbocycles. The lowest BCUT2D eigenvalue weighted by atomic mass is 9.96. The first-order valence-corrected chi connectivity index (χ1v) is 11.1. The summed E-state index contributed by atoms with van der Waals surface area (Å²) in [5.74, 6) is 0.989. The van der Waals surface area contributed by atoms with Gasteiger partial charge in [-0.3, -0.25) is 0 Å². The highest BCUT2D eigenvalue weighted by Crippen LogP contribution is 2.29. The van der Waals surface area contributed by atoms with Crippen LogP contribution in [0.3, 0.4) is 0 Å². The van der Waals surface area contributed by atoms with Gasteiger partial charge in [-0.05, 0) is 68.9 Å². The summed E-state index contributed by atoms with van der Waals surface area (Å²) in [5.41, 5.74) is 1.57. The van der Waals surface area contributed by atoms with E-state index < -0.39 is 0 Å². The van der Waals surface area contributed by atoms with Crippen LogP contribution in [0.4, 0.5) is 4.39 Å². The molecule has 0 amide bonds. The van der Waals surface area contributed by atoms with Gasteiger partial charge in [0, 0.05) is 30.5 Å². The number of rotatable bonds is 6. The van der Waals surface area contributed by atoms with Gasteiger partial charge in [0.2, 0.25) is 5.89 Å². The molecule has 8 heteroatoms. The van der Waals surface area contributed by atoms with E-state index >= 15 is 0 Å². The fourth-order valence-electron chi connectivity index (χ4n) is 4.65. The summed E-state index contributed by atoms with van der Waals surface area (Å²) in [6.07, 6.45) is 6.73. The van der Waals surface area contributed by atoms with Crippen molar-refractivity contribution in [3.63, 3.8) is 0 Å². The van der Waals surface area contributed by atoms with Gasteiger partial charge in [-0.1, -0.05) is 6.92 Å². The van der Waals surface area contributed by atoms with Gasteiger partial charge >= 0.3 is 0 Å². The minimum absolute atomic E-state index is 0.259. The van der Waals surface area contributed by atoms with Crippen LogP contribution in [0.25, 0.3) is 16.9 Å². The molecular weight excluding hydrogens is 385 g/mol. The SMILES string of the molecule is CCc1nn(-c2noc(C3CCN(CCC4CCCO4)CC3)n2)c2cc(F)ccc12. The average Bonchev–Trinajstić information content (AvgIpc) is 3.52. The lowest BCUT2D eigenvalue weighted by molar-refractivity contribution is 0.0867. The molecule has 2 aromatic heterocycles. The average molecular weight is 413 g/mol. The zero-order chi connectivity index (χ0) is 20.5. The molecule has 0 saturated carbocycles. The van der Waals surface area contributed by atoms with E-state index in [-0.39, 0.29) is 11.7 Å². The molecule has 0 bridgehead atoms. The lowest BCUT2D eigenvalue weighted by Gasteiger charge is -2.30. The fraction of sp³-hybridized carbons (Fsp3) is 0.591. The van der Waals surface area contributed by atoms with Crippen molar-refractivity contribution < 1.29 is 13.7 Å². The van der Waals surface area contributed by atoms with Gasteiger partial charge in [-0.15, -0.1) is 0 Å². The van der Waals surface area contributed by atoms with Crippen LogP contribution < -0.4 is 0 Å². The zero-order valence-corrected chi connectivity index (χ0v) is 17.4. The Kier molecular flexibility index (Phi) is 5.52. The van der Waals surface area contributed by atoms with Crippen molar-refractivity contribution in [2.24, 2.45) is 0 Å². The highest BCUT2D eigenvalue weighted by Gasteiger charge is 2.27. The molecule has 2 fully saturated rings. The van der Waals surface area contributed by atoms with E-state index in [4.69, 9.17) is 9.26 Å². The van der Waals surface area contributed by atoms with Gasteiger partial charge in [0.15, 0.2) is 0 Å². The van der Waals surface area contributed by atoms with Crippen LogP contribution in [0.5, 0.6) is 0 Å². The molecule has 0 spiro atoms. The predicted octanol–water partition coefficient (Wildman–Crippen LogP) is 3.86. The first-order chi connectivity index (χ1) is 14.7. The second-order valence-corrected chi connectivity index (χ2v) is 8.35. The van der Waals surface area contributed by atoms with Gasteiger partial charge < -0.3 is 14.2 Å². The Morgan fingerprint density at radius 3 is 2.83 bits per heavy atom. The molecule has 30 heavy (non-hydrogen) atoms. The van der Waals surface area contributed by atoms with Crippen LogP contribution in [-0.4, -0.2) is 57.2 Å². The predicted molar refractivity (Wildman–Crippen MR) is 110 cm³/mol. The standard InChI is InChI=1S/C22H28FN5O2/c1-2-19-18-6-5-16(23)14-20(18)28(25-19)22-24-21(30-26-22)15-7-10-27(11-8-15)12-9-17-4-3-13-29-17/h5-6,14-15,17H,2-4,7-13H2,1H3. The highest BCUT2D eigenvalue weighted by molar-refractivity contribution is 5.83. The first kappa shape index (κ1) is 19.6. The Labute approximate surface area is 175 Å².